The standard InChI is InChI=1S/C22H24N4O5S/c1-22(2,3)31-20(27)11-10-18-16(13-23)17(24)12-19(25-18)21(28)26(32(4,29)30)14-15-8-6-5-7-9-15/h5-12H,14H2,1-4H3,(H2,24,25). The Balaban J connectivity index is 2.46. The molecule has 0 saturated carbocycles. The summed E-state index contributed by atoms with van der Waals surface area (Å²) in [7, 11) is -3.95. The van der Waals surface area contributed by atoms with Gasteiger partial charge in [0, 0.05) is 6.08 Å². The van der Waals surface area contributed by atoms with Crippen molar-refractivity contribution < 1.29 is 22.7 Å². The van der Waals surface area contributed by atoms with Gasteiger partial charge in [-0.2, -0.15) is 5.26 Å². The SMILES string of the molecule is CC(C)(C)OC(=O)C=Cc1nc(C(=O)N(Cc2ccccc2)S(C)(=O)=O)cc(N)c1C#N. The number of nitrogens with two attached hydrogens (primary N) is 1. The number of hydrogen-bond acceptors (Lipinski definition) is 8. The fraction of sp³-hybridized carbons (Fsp3) is 0.273. The number of hydrogen-bond donors (Lipinski definition) is 1. The zero-order valence-electron chi connectivity index (χ0n) is 18.2. The second-order valence-electron chi connectivity index (χ2n) is 7.90. The van der Waals surface area contributed by atoms with E-state index in [1.165, 1.54) is 6.08 Å². The van der Waals surface area contributed by atoms with Gasteiger partial charge in [0.1, 0.15) is 22.9 Å². The molecule has 0 fully saturated rings. The Morgan fingerprint density at radius 3 is 2.41 bits per heavy atom. The van der Waals surface area contributed by atoms with Crippen molar-refractivity contribution in [1.29, 1.82) is 5.26 Å². The number of ether oxygens (including phenoxy) is 1. The highest BCUT2D eigenvalue weighted by Gasteiger charge is 2.27. The van der Waals surface area contributed by atoms with Crippen LogP contribution in [0.2, 0.25) is 0 Å². The summed E-state index contributed by atoms with van der Waals surface area (Å²) < 4.78 is 30.5. The van der Waals surface area contributed by atoms with Crippen molar-refractivity contribution in [2.24, 2.45) is 0 Å². The van der Waals surface area contributed by atoms with E-state index in [2.05, 4.69) is 4.98 Å². The highest BCUT2D eigenvalue weighted by Crippen LogP contribution is 2.21. The number of anilines is 1. The highest BCUT2D eigenvalue weighted by atomic mass is 32.2. The van der Waals surface area contributed by atoms with Crippen LogP contribution in [-0.4, -0.2) is 41.4 Å². The summed E-state index contributed by atoms with van der Waals surface area (Å²) in [5, 5.41) is 9.40. The van der Waals surface area contributed by atoms with E-state index >= 15 is 0 Å². The van der Waals surface area contributed by atoms with E-state index < -0.39 is 27.5 Å². The van der Waals surface area contributed by atoms with Crippen LogP contribution in [0.1, 0.15) is 48.1 Å². The van der Waals surface area contributed by atoms with Crippen LogP contribution in [0.15, 0.2) is 42.5 Å². The van der Waals surface area contributed by atoms with Gasteiger partial charge in [0.2, 0.25) is 10.0 Å². The lowest BCUT2D eigenvalue weighted by molar-refractivity contribution is -0.148. The Hall–Kier alpha value is -3.71. The Bertz CT molecular complexity index is 1190. The van der Waals surface area contributed by atoms with Gasteiger partial charge in [-0.3, -0.25) is 4.79 Å². The van der Waals surface area contributed by atoms with Gasteiger partial charge in [0.25, 0.3) is 5.91 Å². The minimum atomic E-state index is -3.95. The third kappa shape index (κ3) is 6.65. The number of amides is 1. The maximum atomic E-state index is 13.1. The largest absolute Gasteiger partial charge is 0.457 e. The molecule has 2 N–H and O–H groups in total. The van der Waals surface area contributed by atoms with Gasteiger partial charge in [-0.15, -0.1) is 0 Å². The number of rotatable bonds is 6. The second kappa shape index (κ2) is 9.62. The molecule has 0 unspecified atom stereocenters. The number of aromatic nitrogens is 1. The monoisotopic (exact) mass is 456 g/mol. The summed E-state index contributed by atoms with van der Waals surface area (Å²) in [6.45, 7) is 4.88. The molecule has 0 aliphatic rings. The summed E-state index contributed by atoms with van der Waals surface area (Å²) in [6.07, 6.45) is 3.16. The van der Waals surface area contributed by atoms with Crippen molar-refractivity contribution in [3.8, 4) is 6.07 Å². The molecule has 0 radical (unpaired) electrons. The van der Waals surface area contributed by atoms with Crippen LogP contribution in [0, 0.1) is 11.3 Å². The van der Waals surface area contributed by atoms with Crippen LogP contribution >= 0.6 is 0 Å². The number of esters is 1. The predicted molar refractivity (Wildman–Crippen MR) is 119 cm³/mol. The molecule has 9 nitrogen and oxygen atoms in total. The first-order valence-corrected chi connectivity index (χ1v) is 11.3. The fourth-order valence-electron chi connectivity index (χ4n) is 2.64. The molecule has 10 heteroatoms. The van der Waals surface area contributed by atoms with Crippen LogP contribution in [-0.2, 0) is 26.1 Å². The first-order valence-electron chi connectivity index (χ1n) is 9.49. The molecule has 0 aliphatic carbocycles. The summed E-state index contributed by atoms with van der Waals surface area (Å²) in [5.74, 6) is -1.60. The van der Waals surface area contributed by atoms with Crippen molar-refractivity contribution in [3.63, 3.8) is 0 Å². The molecule has 1 amide bonds. The summed E-state index contributed by atoms with van der Waals surface area (Å²) in [4.78, 5) is 29.1. The quantitative estimate of drug-likeness (QED) is 0.516. The van der Waals surface area contributed by atoms with Gasteiger partial charge in [-0.25, -0.2) is 22.5 Å². The molecule has 2 rings (SSSR count). The van der Waals surface area contributed by atoms with Crippen LogP contribution < -0.4 is 5.73 Å². The zero-order chi connectivity index (χ0) is 24.1. The molecule has 0 bridgehead atoms. The molecular weight excluding hydrogens is 432 g/mol. The van der Waals surface area contributed by atoms with Crippen molar-refractivity contribution >= 4 is 33.7 Å². The molecule has 1 heterocycles. The number of carbonyl (C=O) groups excluding carboxylic acids is 2. The lowest BCUT2D eigenvalue weighted by Gasteiger charge is -2.20. The number of carbonyl (C=O) groups is 2. The minimum absolute atomic E-state index is 0.0599. The van der Waals surface area contributed by atoms with Gasteiger partial charge in [-0.1, -0.05) is 30.3 Å². The van der Waals surface area contributed by atoms with Gasteiger partial charge in [0.15, 0.2) is 0 Å². The normalized spacial score (nSPS) is 11.7. The van der Waals surface area contributed by atoms with E-state index in [9.17, 15) is 23.3 Å². The molecule has 168 valence electrons. The summed E-state index contributed by atoms with van der Waals surface area (Å²) in [5.41, 5.74) is 5.29. The molecule has 1 aromatic carbocycles. The number of nitrogens with zero attached hydrogens (tertiary/aromatic N) is 3. The van der Waals surface area contributed by atoms with Crippen LogP contribution in [0.25, 0.3) is 6.08 Å². The average Bonchev–Trinajstić information content (AvgIpc) is 2.68. The molecule has 0 spiro atoms. The Morgan fingerprint density at radius 2 is 1.88 bits per heavy atom. The van der Waals surface area contributed by atoms with Gasteiger partial charge >= 0.3 is 5.97 Å². The van der Waals surface area contributed by atoms with Crippen LogP contribution in [0.3, 0.4) is 0 Å². The Kier molecular flexibility index (Phi) is 7.38. The van der Waals surface area contributed by atoms with Crippen molar-refractivity contribution in [3.05, 3.63) is 65.0 Å². The van der Waals surface area contributed by atoms with Crippen LogP contribution in [0.4, 0.5) is 5.69 Å². The molecule has 0 atom stereocenters. The third-order valence-electron chi connectivity index (χ3n) is 3.99. The molecular formula is C22H24N4O5S. The van der Waals surface area contributed by atoms with Gasteiger partial charge < -0.3 is 10.5 Å². The van der Waals surface area contributed by atoms with E-state index in [0.717, 1.165) is 18.4 Å². The van der Waals surface area contributed by atoms with Crippen molar-refractivity contribution in [1.82, 2.24) is 9.29 Å². The fourth-order valence-corrected chi connectivity index (χ4v) is 3.42. The Morgan fingerprint density at radius 1 is 1.25 bits per heavy atom. The summed E-state index contributed by atoms with van der Waals surface area (Å²) in [6, 6.07) is 11.6. The lowest BCUT2D eigenvalue weighted by atomic mass is 10.1. The lowest BCUT2D eigenvalue weighted by Crippen LogP contribution is -2.36. The predicted octanol–water partition coefficient (Wildman–Crippen LogP) is 2.49. The zero-order valence-corrected chi connectivity index (χ0v) is 19.0. The van der Waals surface area contributed by atoms with E-state index in [-0.39, 0.29) is 29.2 Å². The second-order valence-corrected chi connectivity index (χ2v) is 9.80. The smallest absolute Gasteiger partial charge is 0.331 e. The van der Waals surface area contributed by atoms with Crippen molar-refractivity contribution in [2.75, 3.05) is 12.0 Å². The number of benzene rings is 1. The number of pyridine rings is 1. The highest BCUT2D eigenvalue weighted by molar-refractivity contribution is 7.88. The summed E-state index contributed by atoms with van der Waals surface area (Å²) >= 11 is 0. The molecule has 0 aliphatic heterocycles. The minimum Gasteiger partial charge on any atom is -0.457 e. The van der Waals surface area contributed by atoms with Gasteiger partial charge in [-0.05, 0) is 38.5 Å². The number of nitrogen functional groups attached to an aromatic ring is 1. The topological polar surface area (TPSA) is 143 Å². The van der Waals surface area contributed by atoms with Crippen LogP contribution in [0.5, 0.6) is 0 Å². The third-order valence-corrected chi connectivity index (χ3v) is 5.08. The molecule has 2 aromatic rings. The first kappa shape index (κ1) is 24.6. The first-order chi connectivity index (χ1) is 14.8. The maximum absolute atomic E-state index is 13.1. The molecule has 0 saturated heterocycles. The molecule has 1 aromatic heterocycles. The average molecular weight is 457 g/mol. The Labute approximate surface area is 187 Å². The molecule has 32 heavy (non-hydrogen) atoms. The van der Waals surface area contributed by atoms with Gasteiger partial charge in [0.05, 0.1) is 24.2 Å². The van der Waals surface area contributed by atoms with Crippen molar-refractivity contribution in [2.45, 2.75) is 32.9 Å². The van der Waals surface area contributed by atoms with E-state index in [0.29, 0.717) is 9.87 Å². The number of sulfonamides is 1. The maximum Gasteiger partial charge on any atom is 0.331 e. The number of nitriles is 1. The van der Waals surface area contributed by atoms with E-state index in [1.807, 2.05) is 6.07 Å². The van der Waals surface area contributed by atoms with E-state index in [1.54, 1.807) is 51.1 Å². The van der Waals surface area contributed by atoms with E-state index in [4.69, 9.17) is 10.5 Å².